The van der Waals surface area contributed by atoms with E-state index in [1.165, 1.54) is 12.1 Å². The molecule has 0 saturated carbocycles. The lowest BCUT2D eigenvalue weighted by Gasteiger charge is -2.07. The van der Waals surface area contributed by atoms with E-state index in [1.807, 2.05) is 0 Å². The fourth-order valence-electron chi connectivity index (χ4n) is 1.16. The highest BCUT2D eigenvalue weighted by Gasteiger charge is 2.14. The molecule has 15 heavy (non-hydrogen) atoms. The molecule has 0 aliphatic rings. The van der Waals surface area contributed by atoms with Crippen molar-refractivity contribution < 1.29 is 4.39 Å². The van der Waals surface area contributed by atoms with Crippen molar-refractivity contribution >= 4 is 11.6 Å². The molecule has 78 valence electrons. The maximum atomic E-state index is 13.1. The van der Waals surface area contributed by atoms with E-state index in [4.69, 9.17) is 17.3 Å². The molecule has 0 bridgehead atoms. The second-order valence-electron chi connectivity index (χ2n) is 2.92. The van der Waals surface area contributed by atoms with Crippen LogP contribution in [0.15, 0.2) is 18.2 Å². The van der Waals surface area contributed by atoms with Crippen LogP contribution in [0.3, 0.4) is 0 Å². The second-order valence-corrected chi connectivity index (χ2v) is 3.33. The predicted octanol–water partition coefficient (Wildman–Crippen LogP) is 1.04. The number of H-pyrrole nitrogens is 1. The first kappa shape index (κ1) is 10.0. The van der Waals surface area contributed by atoms with Crippen LogP contribution >= 0.6 is 11.6 Å². The summed E-state index contributed by atoms with van der Waals surface area (Å²) in [5.74, 6) is -0.218. The maximum Gasteiger partial charge on any atom is 0.195 e. The number of hydrogen-bond donors (Lipinski definition) is 2. The average molecular weight is 228 g/mol. The van der Waals surface area contributed by atoms with Gasteiger partial charge in [-0.05, 0) is 17.7 Å². The van der Waals surface area contributed by atoms with Gasteiger partial charge in [-0.2, -0.15) is 5.21 Å². The van der Waals surface area contributed by atoms with Gasteiger partial charge in [0.15, 0.2) is 5.82 Å². The van der Waals surface area contributed by atoms with Crippen molar-refractivity contribution in [1.29, 1.82) is 0 Å². The number of nitrogens with two attached hydrogens (primary N) is 1. The summed E-state index contributed by atoms with van der Waals surface area (Å²) in [5, 5.41) is 13.1. The van der Waals surface area contributed by atoms with E-state index in [0.29, 0.717) is 11.4 Å². The van der Waals surface area contributed by atoms with Crippen molar-refractivity contribution in [1.82, 2.24) is 20.6 Å². The van der Waals surface area contributed by atoms with Gasteiger partial charge in [0.2, 0.25) is 0 Å². The zero-order valence-electron chi connectivity index (χ0n) is 7.48. The summed E-state index contributed by atoms with van der Waals surface area (Å²) in [4.78, 5) is 0. The van der Waals surface area contributed by atoms with Crippen LogP contribution in [0.5, 0.6) is 0 Å². The van der Waals surface area contributed by atoms with E-state index in [2.05, 4.69) is 20.6 Å². The molecular formula is C8H7ClFN5. The van der Waals surface area contributed by atoms with Gasteiger partial charge >= 0.3 is 0 Å². The van der Waals surface area contributed by atoms with Crippen molar-refractivity contribution in [2.24, 2.45) is 5.73 Å². The highest BCUT2D eigenvalue weighted by molar-refractivity contribution is 6.30. The summed E-state index contributed by atoms with van der Waals surface area (Å²) in [6.07, 6.45) is 0. The third kappa shape index (κ3) is 1.95. The average Bonchev–Trinajstić information content (AvgIpc) is 2.74. The molecule has 1 aromatic heterocycles. The molecule has 2 rings (SSSR count). The number of nitrogens with zero attached hydrogens (tertiary/aromatic N) is 3. The van der Waals surface area contributed by atoms with Crippen LogP contribution in [0.2, 0.25) is 5.02 Å². The Kier molecular flexibility index (Phi) is 2.61. The van der Waals surface area contributed by atoms with E-state index in [9.17, 15) is 4.39 Å². The Hall–Kier alpha value is -1.53. The molecule has 5 nitrogen and oxygen atoms in total. The lowest BCUT2D eigenvalue weighted by Crippen LogP contribution is -2.14. The molecule has 2 aromatic rings. The first-order valence-corrected chi connectivity index (χ1v) is 4.50. The number of tetrazole rings is 1. The summed E-state index contributed by atoms with van der Waals surface area (Å²) >= 11 is 5.54. The van der Waals surface area contributed by atoms with Crippen LogP contribution in [0.1, 0.15) is 17.4 Å². The highest BCUT2D eigenvalue weighted by atomic mass is 35.5. The molecule has 0 amide bonds. The molecular weight excluding hydrogens is 221 g/mol. The summed E-state index contributed by atoms with van der Waals surface area (Å²) in [6, 6.07) is 3.69. The zero-order chi connectivity index (χ0) is 10.8. The van der Waals surface area contributed by atoms with Crippen molar-refractivity contribution in [3.05, 3.63) is 40.4 Å². The molecule has 0 spiro atoms. The van der Waals surface area contributed by atoms with E-state index < -0.39 is 11.9 Å². The third-order valence-corrected chi connectivity index (χ3v) is 2.25. The number of rotatable bonds is 2. The van der Waals surface area contributed by atoms with Crippen LogP contribution in [0.25, 0.3) is 0 Å². The molecule has 1 atom stereocenters. The number of aromatic amines is 1. The van der Waals surface area contributed by atoms with Gasteiger partial charge in [-0.1, -0.05) is 22.9 Å². The normalized spacial score (nSPS) is 12.7. The minimum atomic E-state index is -0.615. The molecule has 3 N–H and O–H groups in total. The van der Waals surface area contributed by atoms with Gasteiger partial charge in [0.1, 0.15) is 5.82 Å². The monoisotopic (exact) mass is 227 g/mol. The number of hydrogen-bond acceptors (Lipinski definition) is 4. The number of halogens is 2. The Morgan fingerprint density at radius 1 is 1.47 bits per heavy atom. The lowest BCUT2D eigenvalue weighted by atomic mass is 10.1. The van der Waals surface area contributed by atoms with Crippen molar-refractivity contribution in [3.8, 4) is 0 Å². The Morgan fingerprint density at radius 2 is 2.27 bits per heavy atom. The minimum Gasteiger partial charge on any atom is -0.318 e. The maximum absolute atomic E-state index is 13.1. The minimum absolute atomic E-state index is 0.0547. The van der Waals surface area contributed by atoms with Crippen molar-refractivity contribution in [2.45, 2.75) is 6.04 Å². The van der Waals surface area contributed by atoms with Crippen LogP contribution in [0, 0.1) is 5.82 Å². The molecule has 0 saturated heterocycles. The molecule has 0 fully saturated rings. The first-order valence-electron chi connectivity index (χ1n) is 4.12. The molecule has 1 unspecified atom stereocenters. The number of nitrogens with one attached hydrogen (secondary N) is 1. The predicted molar refractivity (Wildman–Crippen MR) is 51.6 cm³/mol. The molecule has 0 aliphatic carbocycles. The van der Waals surface area contributed by atoms with Crippen LogP contribution < -0.4 is 5.73 Å². The van der Waals surface area contributed by atoms with E-state index in [-0.39, 0.29) is 5.02 Å². The summed E-state index contributed by atoms with van der Waals surface area (Å²) in [5.41, 5.74) is 6.33. The Morgan fingerprint density at radius 3 is 2.87 bits per heavy atom. The Balaban J connectivity index is 2.34. The molecule has 7 heteroatoms. The van der Waals surface area contributed by atoms with Gasteiger partial charge in [-0.15, -0.1) is 10.2 Å². The van der Waals surface area contributed by atoms with Gasteiger partial charge in [-0.25, -0.2) is 4.39 Å². The van der Waals surface area contributed by atoms with E-state index in [0.717, 1.165) is 0 Å². The van der Waals surface area contributed by atoms with E-state index in [1.54, 1.807) is 6.07 Å². The van der Waals surface area contributed by atoms with Crippen molar-refractivity contribution in [3.63, 3.8) is 0 Å². The molecule has 1 heterocycles. The first-order chi connectivity index (χ1) is 7.18. The topological polar surface area (TPSA) is 80.5 Å². The van der Waals surface area contributed by atoms with Gasteiger partial charge in [-0.3, -0.25) is 0 Å². The van der Waals surface area contributed by atoms with Gasteiger partial charge < -0.3 is 5.73 Å². The number of aromatic nitrogens is 4. The SMILES string of the molecule is NC(c1ccc(Cl)c(F)c1)c1nn[nH]n1. The smallest absolute Gasteiger partial charge is 0.195 e. The summed E-state index contributed by atoms with van der Waals surface area (Å²) in [7, 11) is 0. The summed E-state index contributed by atoms with van der Waals surface area (Å²) in [6.45, 7) is 0. The molecule has 1 aromatic carbocycles. The van der Waals surface area contributed by atoms with Crippen molar-refractivity contribution in [2.75, 3.05) is 0 Å². The fraction of sp³-hybridized carbons (Fsp3) is 0.125. The molecule has 0 aliphatic heterocycles. The molecule has 0 radical (unpaired) electrons. The van der Waals surface area contributed by atoms with Gasteiger partial charge in [0, 0.05) is 0 Å². The van der Waals surface area contributed by atoms with Gasteiger partial charge in [0.05, 0.1) is 11.1 Å². The van der Waals surface area contributed by atoms with Crippen LogP contribution in [-0.2, 0) is 0 Å². The van der Waals surface area contributed by atoms with Crippen LogP contribution in [-0.4, -0.2) is 20.6 Å². The standard InChI is InChI=1S/C8H7ClFN5/c9-5-2-1-4(3-6(5)10)7(11)8-12-14-15-13-8/h1-3,7H,11H2,(H,12,13,14,15). The quantitative estimate of drug-likeness (QED) is 0.803. The zero-order valence-corrected chi connectivity index (χ0v) is 8.24. The lowest BCUT2D eigenvalue weighted by molar-refractivity contribution is 0.623. The summed E-state index contributed by atoms with van der Waals surface area (Å²) < 4.78 is 13.1. The second kappa shape index (κ2) is 3.92. The Bertz CT molecular complexity index is 458. The number of benzene rings is 1. The van der Waals surface area contributed by atoms with E-state index >= 15 is 0 Å². The third-order valence-electron chi connectivity index (χ3n) is 1.94. The van der Waals surface area contributed by atoms with Crippen LogP contribution in [0.4, 0.5) is 4.39 Å². The largest absolute Gasteiger partial charge is 0.318 e. The fourth-order valence-corrected chi connectivity index (χ4v) is 1.27. The highest BCUT2D eigenvalue weighted by Crippen LogP contribution is 2.21. The van der Waals surface area contributed by atoms with Gasteiger partial charge in [0.25, 0.3) is 0 Å². The Labute approximate surface area is 89.4 Å².